The van der Waals surface area contributed by atoms with Crippen molar-refractivity contribution in [2.45, 2.75) is 19.4 Å². The molecule has 0 fully saturated rings. The van der Waals surface area contributed by atoms with Crippen LogP contribution in [0, 0.1) is 0 Å². The van der Waals surface area contributed by atoms with E-state index in [1.165, 1.54) is 0 Å². The van der Waals surface area contributed by atoms with Gasteiger partial charge in [0.1, 0.15) is 5.75 Å². The Bertz CT molecular complexity index is 799. The molecule has 1 aliphatic heterocycles. The van der Waals surface area contributed by atoms with Crippen molar-refractivity contribution in [3.63, 3.8) is 0 Å². The quantitative estimate of drug-likeness (QED) is 0.234. The van der Waals surface area contributed by atoms with E-state index >= 15 is 0 Å². The molecule has 0 amide bonds. The normalized spacial score (nSPS) is 13.1. The van der Waals surface area contributed by atoms with E-state index in [9.17, 15) is 0 Å². The zero-order valence-corrected chi connectivity index (χ0v) is 19.8. The molecular formula is C22H30IN3O4. The molecule has 8 heteroatoms. The van der Waals surface area contributed by atoms with Gasteiger partial charge in [0.05, 0.1) is 26.9 Å². The van der Waals surface area contributed by atoms with Crippen molar-refractivity contribution in [2.75, 3.05) is 45.8 Å². The molecule has 1 aliphatic rings. The highest BCUT2D eigenvalue weighted by Crippen LogP contribution is 2.32. The Morgan fingerprint density at radius 3 is 2.57 bits per heavy atom. The highest BCUT2D eigenvalue weighted by atomic mass is 127. The van der Waals surface area contributed by atoms with Gasteiger partial charge in [0, 0.05) is 38.4 Å². The second-order valence-corrected chi connectivity index (χ2v) is 6.59. The number of aliphatic imine (C=N–C) groups is 1. The van der Waals surface area contributed by atoms with Crippen molar-refractivity contribution in [3.05, 3.63) is 48.0 Å². The molecule has 0 aliphatic carbocycles. The fourth-order valence-electron chi connectivity index (χ4n) is 2.85. The van der Waals surface area contributed by atoms with Gasteiger partial charge < -0.3 is 29.6 Å². The molecular weight excluding hydrogens is 497 g/mol. The fourth-order valence-corrected chi connectivity index (χ4v) is 2.85. The van der Waals surface area contributed by atoms with E-state index in [0.29, 0.717) is 32.4 Å². The maximum Gasteiger partial charge on any atom is 0.195 e. The van der Waals surface area contributed by atoms with Gasteiger partial charge in [-0.05, 0) is 36.2 Å². The Morgan fingerprint density at radius 1 is 1.07 bits per heavy atom. The number of hydrogen-bond acceptors (Lipinski definition) is 5. The average molecular weight is 527 g/mol. The van der Waals surface area contributed by atoms with Gasteiger partial charge in [-0.1, -0.05) is 12.1 Å². The Labute approximate surface area is 195 Å². The van der Waals surface area contributed by atoms with E-state index < -0.39 is 0 Å². The van der Waals surface area contributed by atoms with Crippen LogP contribution in [0.2, 0.25) is 0 Å². The largest absolute Gasteiger partial charge is 0.497 e. The van der Waals surface area contributed by atoms with Crippen LogP contribution >= 0.6 is 24.0 Å². The molecule has 2 N–H and O–H groups in total. The van der Waals surface area contributed by atoms with Gasteiger partial charge in [-0.3, -0.25) is 4.99 Å². The molecule has 2 aromatic carbocycles. The Morgan fingerprint density at radius 2 is 1.83 bits per heavy atom. The molecule has 0 spiro atoms. The number of hydrogen-bond donors (Lipinski definition) is 2. The lowest BCUT2D eigenvalue weighted by molar-refractivity contribution is 0.119. The smallest absolute Gasteiger partial charge is 0.195 e. The van der Waals surface area contributed by atoms with E-state index in [4.69, 9.17) is 18.9 Å². The summed E-state index contributed by atoms with van der Waals surface area (Å²) in [6.07, 6.45) is 1.76. The zero-order valence-electron chi connectivity index (χ0n) is 17.5. The standard InChI is InChI=1S/C22H29N3O4.HI/c1-23-22(25-18-7-10-20-21(15-18)29-14-4-13-28-20)24-11-3-12-27-16-17-5-8-19(26-2)9-6-17;/h5-10,15H,3-4,11-14,16H2,1-2H3,(H2,23,24,25);1H. The predicted molar refractivity (Wildman–Crippen MR) is 130 cm³/mol. The lowest BCUT2D eigenvalue weighted by Crippen LogP contribution is -2.31. The molecule has 0 radical (unpaired) electrons. The van der Waals surface area contributed by atoms with E-state index in [0.717, 1.165) is 47.9 Å². The minimum atomic E-state index is 0. The Kier molecular flexibility index (Phi) is 10.6. The summed E-state index contributed by atoms with van der Waals surface area (Å²) in [5.74, 6) is 3.10. The van der Waals surface area contributed by atoms with E-state index in [-0.39, 0.29) is 24.0 Å². The number of anilines is 1. The summed E-state index contributed by atoms with van der Waals surface area (Å²) in [5, 5.41) is 6.57. The van der Waals surface area contributed by atoms with Crippen molar-refractivity contribution in [1.82, 2.24) is 5.32 Å². The predicted octanol–water partition coefficient (Wildman–Crippen LogP) is 4.07. The minimum Gasteiger partial charge on any atom is -0.497 e. The van der Waals surface area contributed by atoms with Crippen molar-refractivity contribution in [2.24, 2.45) is 4.99 Å². The number of guanidine groups is 1. The zero-order chi connectivity index (χ0) is 20.3. The second-order valence-electron chi connectivity index (χ2n) is 6.59. The summed E-state index contributed by atoms with van der Waals surface area (Å²) in [5.41, 5.74) is 2.03. The second kappa shape index (κ2) is 13.2. The van der Waals surface area contributed by atoms with Crippen LogP contribution in [0.3, 0.4) is 0 Å². The monoisotopic (exact) mass is 527 g/mol. The van der Waals surface area contributed by atoms with Crippen molar-refractivity contribution in [1.29, 1.82) is 0 Å². The highest BCUT2D eigenvalue weighted by molar-refractivity contribution is 14.0. The van der Waals surface area contributed by atoms with Crippen LogP contribution in [0.25, 0.3) is 0 Å². The van der Waals surface area contributed by atoms with Crippen molar-refractivity contribution < 1.29 is 18.9 Å². The fraction of sp³-hybridized carbons (Fsp3) is 0.409. The maximum absolute atomic E-state index is 5.73. The number of nitrogens with zero attached hydrogens (tertiary/aromatic N) is 1. The number of benzene rings is 2. The van der Waals surface area contributed by atoms with Crippen molar-refractivity contribution >= 4 is 35.6 Å². The van der Waals surface area contributed by atoms with Crippen LogP contribution in [-0.2, 0) is 11.3 Å². The van der Waals surface area contributed by atoms with Gasteiger partial charge in [-0.2, -0.15) is 0 Å². The number of nitrogens with one attached hydrogen (secondary N) is 2. The molecule has 3 rings (SSSR count). The molecule has 0 saturated carbocycles. The highest BCUT2D eigenvalue weighted by Gasteiger charge is 2.11. The molecule has 7 nitrogen and oxygen atoms in total. The van der Waals surface area contributed by atoms with Gasteiger partial charge in [0.2, 0.25) is 0 Å². The topological polar surface area (TPSA) is 73.3 Å². The number of halogens is 1. The van der Waals surface area contributed by atoms with Crippen molar-refractivity contribution in [3.8, 4) is 17.2 Å². The average Bonchev–Trinajstić information content (AvgIpc) is 3.00. The Hall–Kier alpha value is -2.20. The third-order valence-corrected chi connectivity index (χ3v) is 4.42. The molecule has 1 heterocycles. The molecule has 0 bridgehead atoms. The van der Waals surface area contributed by atoms with E-state index in [1.54, 1.807) is 14.2 Å². The van der Waals surface area contributed by atoms with Gasteiger partial charge in [0.25, 0.3) is 0 Å². The number of fused-ring (bicyclic) bond motifs is 1. The molecule has 0 unspecified atom stereocenters. The molecule has 0 saturated heterocycles. The van der Waals surface area contributed by atoms with Crippen LogP contribution in [-0.4, -0.2) is 46.5 Å². The number of ether oxygens (including phenoxy) is 4. The van der Waals surface area contributed by atoms with Gasteiger partial charge >= 0.3 is 0 Å². The third kappa shape index (κ3) is 7.56. The first-order chi connectivity index (χ1) is 14.3. The summed E-state index contributed by atoms with van der Waals surface area (Å²) in [6, 6.07) is 13.7. The lowest BCUT2D eigenvalue weighted by atomic mass is 10.2. The molecule has 0 aromatic heterocycles. The number of rotatable bonds is 8. The molecule has 2 aromatic rings. The van der Waals surface area contributed by atoms with E-state index in [2.05, 4.69) is 15.6 Å². The summed E-state index contributed by atoms with van der Waals surface area (Å²) < 4.78 is 22.3. The van der Waals surface area contributed by atoms with Crippen LogP contribution in [0.5, 0.6) is 17.2 Å². The number of methoxy groups -OCH3 is 1. The van der Waals surface area contributed by atoms with Gasteiger partial charge in [-0.25, -0.2) is 0 Å². The first-order valence-electron chi connectivity index (χ1n) is 9.86. The molecule has 164 valence electrons. The minimum absolute atomic E-state index is 0. The van der Waals surface area contributed by atoms with Crippen LogP contribution < -0.4 is 24.8 Å². The van der Waals surface area contributed by atoms with Crippen LogP contribution in [0.15, 0.2) is 47.5 Å². The summed E-state index contributed by atoms with van der Waals surface area (Å²) in [7, 11) is 3.41. The Balaban J connectivity index is 0.00000320. The molecule has 30 heavy (non-hydrogen) atoms. The summed E-state index contributed by atoms with van der Waals surface area (Å²) in [4.78, 5) is 4.27. The SMILES string of the molecule is CN=C(NCCCOCc1ccc(OC)cc1)Nc1ccc2c(c1)OCCCO2.I. The molecule has 0 atom stereocenters. The first-order valence-corrected chi connectivity index (χ1v) is 9.86. The van der Waals surface area contributed by atoms with Gasteiger partial charge in [0.15, 0.2) is 17.5 Å². The van der Waals surface area contributed by atoms with Crippen LogP contribution in [0.4, 0.5) is 5.69 Å². The maximum atomic E-state index is 5.73. The first kappa shape index (κ1) is 24.1. The van der Waals surface area contributed by atoms with E-state index in [1.807, 2.05) is 42.5 Å². The lowest BCUT2D eigenvalue weighted by Gasteiger charge is -2.14. The summed E-state index contributed by atoms with van der Waals surface area (Å²) in [6.45, 7) is 3.37. The van der Waals surface area contributed by atoms with Crippen LogP contribution in [0.1, 0.15) is 18.4 Å². The summed E-state index contributed by atoms with van der Waals surface area (Å²) >= 11 is 0. The van der Waals surface area contributed by atoms with Gasteiger partial charge in [-0.15, -0.1) is 24.0 Å². The third-order valence-electron chi connectivity index (χ3n) is 4.42.